The minimum Gasteiger partial charge on any atom is -0.347 e. The van der Waals surface area contributed by atoms with Gasteiger partial charge in [0.1, 0.15) is 5.70 Å². The van der Waals surface area contributed by atoms with Crippen molar-refractivity contribution in [1.82, 2.24) is 14.8 Å². The Morgan fingerprint density at radius 2 is 1.73 bits per heavy atom. The second-order valence-electron chi connectivity index (χ2n) is 6.25. The first-order chi connectivity index (χ1) is 12.7. The van der Waals surface area contributed by atoms with E-state index in [0.29, 0.717) is 5.70 Å². The van der Waals surface area contributed by atoms with Gasteiger partial charge < -0.3 is 9.88 Å². The van der Waals surface area contributed by atoms with Crippen molar-refractivity contribution < 1.29 is 9.59 Å². The van der Waals surface area contributed by atoms with Crippen LogP contribution in [0.25, 0.3) is 17.0 Å². The van der Waals surface area contributed by atoms with Crippen LogP contribution in [0.15, 0.2) is 66.5 Å². The van der Waals surface area contributed by atoms with Crippen LogP contribution in [-0.2, 0) is 17.9 Å². The van der Waals surface area contributed by atoms with Crippen LogP contribution in [0, 0.1) is 0 Å². The Bertz CT molecular complexity index is 1020. The predicted molar refractivity (Wildman–Crippen MR) is 101 cm³/mol. The maximum Gasteiger partial charge on any atom is 0.329 e. The SMILES string of the molecule is CCn1cc(/C=C2/NC(=O)N(Cc3ccccc3)C2=O)c2ccccc21. The number of aromatic nitrogens is 1. The number of benzene rings is 2. The number of nitrogens with zero attached hydrogens (tertiary/aromatic N) is 2. The second kappa shape index (κ2) is 6.52. The van der Waals surface area contributed by atoms with Crippen LogP contribution in [0.1, 0.15) is 18.1 Å². The fraction of sp³-hybridized carbons (Fsp3) is 0.143. The number of para-hydroxylation sites is 1. The molecular formula is C21H19N3O2. The van der Waals surface area contributed by atoms with Crippen LogP contribution in [0.5, 0.6) is 0 Å². The standard InChI is InChI=1S/C21H19N3O2/c1-2-23-14-16(17-10-6-7-11-19(17)23)12-18-20(25)24(21(26)22-18)13-15-8-4-3-5-9-15/h3-12,14H,2,13H2,1H3,(H,22,26)/b18-12+. The lowest BCUT2D eigenvalue weighted by atomic mass is 10.1. The molecule has 1 aliphatic rings. The molecule has 1 fully saturated rings. The van der Waals surface area contributed by atoms with E-state index in [1.54, 1.807) is 6.08 Å². The lowest BCUT2D eigenvalue weighted by molar-refractivity contribution is -0.123. The molecule has 2 aromatic carbocycles. The molecule has 1 saturated heterocycles. The number of hydrogen-bond donors (Lipinski definition) is 1. The number of rotatable bonds is 4. The largest absolute Gasteiger partial charge is 0.347 e. The molecule has 0 radical (unpaired) electrons. The normalized spacial score (nSPS) is 15.9. The second-order valence-corrected chi connectivity index (χ2v) is 6.25. The Morgan fingerprint density at radius 1 is 1.00 bits per heavy atom. The van der Waals surface area contributed by atoms with E-state index in [0.717, 1.165) is 28.6 Å². The number of imide groups is 1. The summed E-state index contributed by atoms with van der Waals surface area (Å²) in [5.74, 6) is -0.299. The van der Waals surface area contributed by atoms with E-state index in [1.165, 1.54) is 4.90 Å². The van der Waals surface area contributed by atoms with Crippen LogP contribution in [0.3, 0.4) is 0 Å². The third-order valence-corrected chi connectivity index (χ3v) is 4.61. The van der Waals surface area contributed by atoms with Crippen molar-refractivity contribution >= 4 is 28.9 Å². The van der Waals surface area contributed by atoms with Crippen molar-refractivity contribution in [2.45, 2.75) is 20.0 Å². The molecule has 0 unspecified atom stereocenters. The molecule has 1 aliphatic heterocycles. The average molecular weight is 345 g/mol. The molecule has 1 aromatic heterocycles. The topological polar surface area (TPSA) is 54.3 Å². The number of nitrogens with one attached hydrogen (secondary N) is 1. The number of amides is 3. The number of hydrogen-bond acceptors (Lipinski definition) is 2. The van der Waals surface area contributed by atoms with Crippen LogP contribution < -0.4 is 5.32 Å². The molecule has 0 spiro atoms. The van der Waals surface area contributed by atoms with Gasteiger partial charge in [0.25, 0.3) is 5.91 Å². The third kappa shape index (κ3) is 2.77. The zero-order chi connectivity index (χ0) is 18.1. The quantitative estimate of drug-likeness (QED) is 0.578. The van der Waals surface area contributed by atoms with E-state index in [4.69, 9.17) is 0 Å². The monoisotopic (exact) mass is 345 g/mol. The lowest BCUT2D eigenvalue weighted by Gasteiger charge is -2.11. The van der Waals surface area contributed by atoms with Crippen LogP contribution in [0.2, 0.25) is 0 Å². The Hall–Kier alpha value is -3.34. The third-order valence-electron chi connectivity index (χ3n) is 4.61. The van der Waals surface area contributed by atoms with E-state index in [9.17, 15) is 9.59 Å². The summed E-state index contributed by atoms with van der Waals surface area (Å²) in [5, 5.41) is 3.76. The highest BCUT2D eigenvalue weighted by molar-refractivity contribution is 6.14. The number of aryl methyl sites for hydroxylation is 1. The molecule has 5 heteroatoms. The maximum atomic E-state index is 12.7. The van der Waals surface area contributed by atoms with E-state index in [1.807, 2.05) is 54.7 Å². The molecule has 0 bridgehead atoms. The summed E-state index contributed by atoms with van der Waals surface area (Å²) in [6.45, 7) is 3.18. The fourth-order valence-corrected chi connectivity index (χ4v) is 3.29. The van der Waals surface area contributed by atoms with Crippen molar-refractivity contribution in [3.8, 4) is 0 Å². The maximum absolute atomic E-state index is 12.7. The number of carbonyl (C=O) groups is 2. The number of fused-ring (bicyclic) bond motifs is 1. The first-order valence-electron chi connectivity index (χ1n) is 8.63. The average Bonchev–Trinajstić information content (AvgIpc) is 3.15. The van der Waals surface area contributed by atoms with Gasteiger partial charge in [-0.1, -0.05) is 48.5 Å². The highest BCUT2D eigenvalue weighted by Gasteiger charge is 2.33. The predicted octanol–water partition coefficient (Wildman–Crippen LogP) is 3.75. The Kier molecular flexibility index (Phi) is 4.05. The first kappa shape index (κ1) is 16.1. The molecule has 0 atom stereocenters. The summed E-state index contributed by atoms with van der Waals surface area (Å²) in [4.78, 5) is 26.2. The van der Waals surface area contributed by atoms with Gasteiger partial charge in [-0.15, -0.1) is 0 Å². The van der Waals surface area contributed by atoms with Crippen LogP contribution in [0.4, 0.5) is 4.79 Å². The summed E-state index contributed by atoms with van der Waals surface area (Å²) >= 11 is 0. The summed E-state index contributed by atoms with van der Waals surface area (Å²) < 4.78 is 2.13. The van der Waals surface area contributed by atoms with Gasteiger partial charge in [-0.2, -0.15) is 0 Å². The van der Waals surface area contributed by atoms with Gasteiger partial charge in [-0.05, 0) is 24.6 Å². The summed E-state index contributed by atoms with van der Waals surface area (Å²) in [6, 6.07) is 17.2. The highest BCUT2D eigenvalue weighted by Crippen LogP contribution is 2.25. The molecule has 26 heavy (non-hydrogen) atoms. The first-order valence-corrected chi connectivity index (χ1v) is 8.63. The molecule has 0 aliphatic carbocycles. The number of carbonyl (C=O) groups excluding carboxylic acids is 2. The highest BCUT2D eigenvalue weighted by atomic mass is 16.2. The lowest BCUT2D eigenvalue weighted by Crippen LogP contribution is -2.30. The van der Waals surface area contributed by atoms with Gasteiger partial charge >= 0.3 is 6.03 Å². The molecule has 130 valence electrons. The van der Waals surface area contributed by atoms with Gasteiger partial charge in [-0.3, -0.25) is 9.69 Å². The smallest absolute Gasteiger partial charge is 0.329 e. The summed E-state index contributed by atoms with van der Waals surface area (Å²) in [7, 11) is 0. The molecular weight excluding hydrogens is 326 g/mol. The van der Waals surface area contributed by atoms with E-state index < -0.39 is 0 Å². The van der Waals surface area contributed by atoms with Crippen molar-refractivity contribution in [2.75, 3.05) is 0 Å². The zero-order valence-corrected chi connectivity index (χ0v) is 14.5. The van der Waals surface area contributed by atoms with Crippen molar-refractivity contribution in [3.63, 3.8) is 0 Å². The van der Waals surface area contributed by atoms with Gasteiger partial charge in [0.15, 0.2) is 0 Å². The van der Waals surface area contributed by atoms with E-state index in [2.05, 4.69) is 22.9 Å². The van der Waals surface area contributed by atoms with E-state index in [-0.39, 0.29) is 18.5 Å². The van der Waals surface area contributed by atoms with Crippen molar-refractivity contribution in [1.29, 1.82) is 0 Å². The summed E-state index contributed by atoms with van der Waals surface area (Å²) in [6.07, 6.45) is 3.77. The van der Waals surface area contributed by atoms with Gasteiger partial charge in [0.05, 0.1) is 6.54 Å². The zero-order valence-electron chi connectivity index (χ0n) is 14.5. The molecule has 5 nitrogen and oxygen atoms in total. The van der Waals surface area contributed by atoms with E-state index >= 15 is 0 Å². The Balaban J connectivity index is 1.67. The molecule has 0 saturated carbocycles. The summed E-state index contributed by atoms with van der Waals surface area (Å²) in [5.41, 5.74) is 3.26. The van der Waals surface area contributed by atoms with Crippen molar-refractivity contribution in [3.05, 3.63) is 77.6 Å². The minimum atomic E-state index is -0.385. The molecule has 3 aromatic rings. The van der Waals surface area contributed by atoms with Crippen LogP contribution in [-0.4, -0.2) is 21.4 Å². The molecule has 1 N–H and O–H groups in total. The van der Waals surface area contributed by atoms with Gasteiger partial charge in [0.2, 0.25) is 0 Å². The molecule has 4 rings (SSSR count). The van der Waals surface area contributed by atoms with Crippen molar-refractivity contribution in [2.24, 2.45) is 0 Å². The molecule has 2 heterocycles. The van der Waals surface area contributed by atoms with Gasteiger partial charge in [-0.25, -0.2) is 4.79 Å². The van der Waals surface area contributed by atoms with Gasteiger partial charge in [0, 0.05) is 29.2 Å². The van der Waals surface area contributed by atoms with Crippen LogP contribution >= 0.6 is 0 Å². The number of urea groups is 1. The molecule has 3 amide bonds. The fourth-order valence-electron chi connectivity index (χ4n) is 3.29. The Morgan fingerprint density at radius 3 is 2.50 bits per heavy atom. The minimum absolute atomic E-state index is 0.263. The Labute approximate surface area is 151 Å².